The molecule has 1 aromatic heterocycles. The number of H-pyrrole nitrogens is 1. The minimum absolute atomic E-state index is 0.000527. The summed E-state index contributed by atoms with van der Waals surface area (Å²) in [5.74, 6) is 6.13. The number of hydrogen-bond acceptors (Lipinski definition) is 7. The minimum Gasteiger partial charge on any atom is -0.381 e. The number of methoxy groups -OCH3 is 1. The van der Waals surface area contributed by atoms with Gasteiger partial charge in [0.05, 0.1) is 13.2 Å². The average Bonchev–Trinajstić information content (AvgIpc) is 3.48. The molecule has 226 valence electrons. The number of rotatable bonds is 5. The maximum Gasteiger partial charge on any atom is 0.330 e. The first-order chi connectivity index (χ1) is 21.7. The molecule has 2 bridgehead atoms. The van der Waals surface area contributed by atoms with Crippen molar-refractivity contribution < 1.29 is 28.2 Å². The van der Waals surface area contributed by atoms with Crippen molar-refractivity contribution in [3.05, 3.63) is 105 Å². The van der Waals surface area contributed by atoms with E-state index in [4.69, 9.17) is 18.7 Å². The number of fused-ring (bicyclic) bond motifs is 4. The lowest BCUT2D eigenvalue weighted by molar-refractivity contribution is -0.190. The highest BCUT2D eigenvalue weighted by Gasteiger charge is 2.64. The SMILES string of the molecule is COC[C@]12CO[C@@H](C1OP(C)(=O)O)[C@H](n1cc(C#Cc3ccc4c5cccc6cccc(c7cccc3c74)c65)c(=O)[nH]c1=O)O2. The average molecular weight is 623 g/mol. The van der Waals surface area contributed by atoms with Crippen molar-refractivity contribution in [1.82, 2.24) is 9.55 Å². The van der Waals surface area contributed by atoms with E-state index in [2.05, 4.69) is 65.4 Å². The molecule has 8 rings (SSSR count). The van der Waals surface area contributed by atoms with Crippen LogP contribution in [0.15, 0.2) is 82.5 Å². The van der Waals surface area contributed by atoms with Crippen LogP contribution in [-0.4, -0.2) is 59.2 Å². The third kappa shape index (κ3) is 4.36. The number of hydrogen-bond donors (Lipinski definition) is 2. The third-order valence-corrected chi connectivity index (χ3v) is 9.39. The molecule has 0 amide bonds. The minimum atomic E-state index is -3.95. The molecule has 2 aliphatic heterocycles. The van der Waals surface area contributed by atoms with Gasteiger partial charge in [-0.3, -0.25) is 23.4 Å². The van der Waals surface area contributed by atoms with Crippen molar-refractivity contribution >= 4 is 50.7 Å². The Bertz CT molecular complexity index is 2350. The molecule has 10 nitrogen and oxygen atoms in total. The van der Waals surface area contributed by atoms with Gasteiger partial charge in [0.2, 0.25) is 0 Å². The van der Waals surface area contributed by atoms with Crippen molar-refractivity contribution in [2.24, 2.45) is 0 Å². The lowest BCUT2D eigenvalue weighted by atomic mass is 9.88. The summed E-state index contributed by atoms with van der Waals surface area (Å²) in [6.45, 7) is 1.11. The normalized spacial score (nSPS) is 24.0. The maximum atomic E-state index is 13.0. The first-order valence-corrected chi connectivity index (χ1v) is 16.4. The van der Waals surface area contributed by atoms with Gasteiger partial charge in [-0.1, -0.05) is 72.5 Å². The zero-order valence-corrected chi connectivity index (χ0v) is 25.2. The lowest BCUT2D eigenvalue weighted by Gasteiger charge is -2.31. The van der Waals surface area contributed by atoms with Gasteiger partial charge in [0, 0.05) is 25.5 Å². The summed E-state index contributed by atoms with van der Waals surface area (Å²) in [6.07, 6.45) is -1.62. The fourth-order valence-electron chi connectivity index (χ4n) is 6.98. The number of aromatic amines is 1. The third-order valence-electron chi connectivity index (χ3n) is 8.77. The van der Waals surface area contributed by atoms with Crippen LogP contribution in [0.3, 0.4) is 0 Å². The summed E-state index contributed by atoms with van der Waals surface area (Å²) in [5, 5.41) is 9.02. The lowest BCUT2D eigenvalue weighted by Crippen LogP contribution is -2.46. The van der Waals surface area contributed by atoms with Crippen LogP contribution in [-0.2, 0) is 23.3 Å². The van der Waals surface area contributed by atoms with Crippen molar-refractivity contribution in [3.63, 3.8) is 0 Å². The first kappa shape index (κ1) is 28.2. The predicted molar refractivity (Wildman–Crippen MR) is 170 cm³/mol. The molecule has 3 heterocycles. The van der Waals surface area contributed by atoms with Crippen LogP contribution in [0.5, 0.6) is 0 Å². The zero-order chi connectivity index (χ0) is 31.1. The van der Waals surface area contributed by atoms with E-state index < -0.39 is 42.9 Å². The van der Waals surface area contributed by atoms with Crippen molar-refractivity contribution in [2.45, 2.75) is 24.0 Å². The van der Waals surface area contributed by atoms with Crippen LogP contribution in [0, 0.1) is 11.8 Å². The van der Waals surface area contributed by atoms with Gasteiger partial charge in [-0.15, -0.1) is 0 Å². The number of nitrogens with zero attached hydrogens (tertiary/aromatic N) is 1. The number of nitrogens with one attached hydrogen (secondary N) is 1. The number of benzene rings is 5. The maximum absolute atomic E-state index is 13.0. The van der Waals surface area contributed by atoms with E-state index in [9.17, 15) is 19.0 Å². The number of aromatic nitrogens is 2. The molecule has 5 atom stereocenters. The van der Waals surface area contributed by atoms with Gasteiger partial charge >= 0.3 is 13.3 Å². The molecule has 2 aliphatic rings. The fourth-order valence-corrected chi connectivity index (χ4v) is 7.72. The molecule has 2 fully saturated rings. The van der Waals surface area contributed by atoms with Crippen molar-refractivity contribution in [3.8, 4) is 11.8 Å². The van der Waals surface area contributed by atoms with Crippen LogP contribution in [0.1, 0.15) is 17.4 Å². The smallest absolute Gasteiger partial charge is 0.330 e. The molecule has 0 spiro atoms. The highest BCUT2D eigenvalue weighted by Crippen LogP contribution is 2.52. The molecule has 2 N–H and O–H groups in total. The molecular formula is C34H27N2O8P. The Morgan fingerprint density at radius 1 is 0.956 bits per heavy atom. The van der Waals surface area contributed by atoms with Gasteiger partial charge < -0.3 is 19.1 Å². The quantitative estimate of drug-likeness (QED) is 0.125. The zero-order valence-electron chi connectivity index (χ0n) is 24.3. The molecule has 11 heteroatoms. The van der Waals surface area contributed by atoms with Crippen molar-refractivity contribution in [2.75, 3.05) is 27.0 Å². The van der Waals surface area contributed by atoms with Gasteiger partial charge in [0.25, 0.3) is 5.56 Å². The Hall–Kier alpha value is -4.33. The van der Waals surface area contributed by atoms with Crippen LogP contribution in [0.25, 0.3) is 43.1 Å². The van der Waals surface area contributed by atoms with Crippen molar-refractivity contribution in [1.29, 1.82) is 0 Å². The largest absolute Gasteiger partial charge is 0.381 e. The molecule has 5 aromatic carbocycles. The summed E-state index contributed by atoms with van der Waals surface area (Å²) in [5.41, 5.74) is -1.84. The van der Waals surface area contributed by atoms with E-state index in [1.165, 1.54) is 28.6 Å². The second-order valence-electron chi connectivity index (χ2n) is 11.7. The Balaban J connectivity index is 1.23. The summed E-state index contributed by atoms with van der Waals surface area (Å²) in [7, 11) is -2.49. The molecule has 0 radical (unpaired) electrons. The van der Waals surface area contributed by atoms with E-state index in [1.807, 2.05) is 18.2 Å². The van der Waals surface area contributed by atoms with E-state index in [0.29, 0.717) is 0 Å². The molecule has 0 aliphatic carbocycles. The summed E-state index contributed by atoms with van der Waals surface area (Å²) in [4.78, 5) is 38.2. The van der Waals surface area contributed by atoms with Gasteiger partial charge in [0.15, 0.2) is 6.23 Å². The van der Waals surface area contributed by atoms with Gasteiger partial charge in [-0.2, -0.15) is 0 Å². The summed E-state index contributed by atoms with van der Waals surface area (Å²) >= 11 is 0. The monoisotopic (exact) mass is 622 g/mol. The van der Waals surface area contributed by atoms with E-state index in [-0.39, 0.29) is 18.8 Å². The number of ether oxygens (including phenoxy) is 3. The van der Waals surface area contributed by atoms with Gasteiger partial charge in [0.1, 0.15) is 23.4 Å². The molecule has 2 unspecified atom stereocenters. The second kappa shape index (κ2) is 10.1. The van der Waals surface area contributed by atoms with E-state index >= 15 is 0 Å². The van der Waals surface area contributed by atoms with Crippen LogP contribution < -0.4 is 11.2 Å². The highest BCUT2D eigenvalue weighted by atomic mass is 31.2. The molecule has 6 aromatic rings. The fraction of sp³-hybridized carbons (Fsp3) is 0.235. The standard InChI is InChI=1S/C34H27N2O8P/c1-41-17-34-18-42-29(30(34)44-45(2,39)40)32(43-34)36-16-21(31(37)35-33(36)38)13-12-19-14-15-26-24-10-4-7-20-6-3-9-23(27(20)24)25-11-5-8-22(19)28(25)26/h3-11,14-16,29-30,32H,17-18H2,1-2H3,(H,39,40)(H,35,37,38)/t29-,30?,32+,34-/m0/s1. The summed E-state index contributed by atoms with van der Waals surface area (Å²) < 4.78 is 36.2. The Kier molecular flexibility index (Phi) is 6.32. The van der Waals surface area contributed by atoms with Gasteiger partial charge in [-0.05, 0) is 49.2 Å². The predicted octanol–water partition coefficient (Wildman–Crippen LogP) is 4.50. The molecule has 45 heavy (non-hydrogen) atoms. The molecular weight excluding hydrogens is 595 g/mol. The van der Waals surface area contributed by atoms with E-state index in [1.54, 1.807) is 0 Å². The molecule has 2 saturated heterocycles. The Morgan fingerprint density at radius 2 is 1.60 bits per heavy atom. The highest BCUT2D eigenvalue weighted by molar-refractivity contribution is 7.51. The first-order valence-electron chi connectivity index (χ1n) is 14.4. The van der Waals surface area contributed by atoms with Crippen LogP contribution >= 0.6 is 7.60 Å². The topological polar surface area (TPSA) is 129 Å². The Morgan fingerprint density at radius 3 is 2.31 bits per heavy atom. The van der Waals surface area contributed by atoms with Gasteiger partial charge in [-0.25, -0.2) is 4.79 Å². The van der Waals surface area contributed by atoms with Crippen LogP contribution in [0.2, 0.25) is 0 Å². The van der Waals surface area contributed by atoms with E-state index in [0.717, 1.165) is 44.5 Å². The second-order valence-corrected chi connectivity index (χ2v) is 13.5. The summed E-state index contributed by atoms with van der Waals surface area (Å²) in [6, 6.07) is 22.8. The Labute approximate surface area is 256 Å². The molecule has 0 saturated carbocycles. The van der Waals surface area contributed by atoms with Crippen LogP contribution in [0.4, 0.5) is 0 Å².